The first-order valence-corrected chi connectivity index (χ1v) is 4.98. The first kappa shape index (κ1) is 10.4. The number of ether oxygens (including phenoxy) is 1. The number of nitrogens with zero attached hydrogens (tertiary/aromatic N) is 2. The third-order valence-electron chi connectivity index (χ3n) is 2.08. The van der Waals surface area contributed by atoms with E-state index in [1.165, 1.54) is 0 Å². The summed E-state index contributed by atoms with van der Waals surface area (Å²) in [4.78, 5) is 8.13. The molecule has 80 valence electrons. The van der Waals surface area contributed by atoms with Crippen LogP contribution in [0.1, 0.15) is 11.3 Å². The monoisotopic (exact) mass is 212 g/mol. The maximum atomic E-state index is 4.95. The van der Waals surface area contributed by atoms with Crippen LogP contribution in [0, 0.1) is 0 Å². The van der Waals surface area contributed by atoms with E-state index in [9.17, 15) is 0 Å². The maximum Gasteiger partial charge on any atom is 0.316 e. The Hall–Kier alpha value is -2.16. The van der Waals surface area contributed by atoms with Crippen LogP contribution in [0.15, 0.2) is 42.6 Å². The molecule has 3 heteroatoms. The predicted octanol–water partition coefficient (Wildman–Crippen LogP) is 2.66. The van der Waals surface area contributed by atoms with Crippen LogP contribution < -0.4 is 4.74 Å². The van der Waals surface area contributed by atoms with Crippen molar-refractivity contribution in [3.8, 4) is 6.01 Å². The average Bonchev–Trinajstić information content (AvgIpc) is 2.38. The Morgan fingerprint density at radius 3 is 2.62 bits per heavy atom. The SMILES string of the molecule is COc1nccc(C=Cc2ccccc2)n1. The van der Waals surface area contributed by atoms with Gasteiger partial charge in [0.15, 0.2) is 0 Å². The highest BCUT2D eigenvalue weighted by Crippen LogP contribution is 2.07. The van der Waals surface area contributed by atoms with Crippen molar-refractivity contribution in [2.24, 2.45) is 0 Å². The lowest BCUT2D eigenvalue weighted by Gasteiger charge is -1.97. The van der Waals surface area contributed by atoms with Crippen molar-refractivity contribution in [3.63, 3.8) is 0 Å². The van der Waals surface area contributed by atoms with E-state index in [1.54, 1.807) is 13.3 Å². The number of methoxy groups -OCH3 is 1. The van der Waals surface area contributed by atoms with Gasteiger partial charge in [0.05, 0.1) is 12.8 Å². The second kappa shape index (κ2) is 5.07. The Balaban J connectivity index is 2.17. The summed E-state index contributed by atoms with van der Waals surface area (Å²) in [6.45, 7) is 0. The van der Waals surface area contributed by atoms with Gasteiger partial charge in [-0.15, -0.1) is 0 Å². The van der Waals surface area contributed by atoms with Gasteiger partial charge in [-0.05, 0) is 17.7 Å². The molecule has 2 aromatic rings. The molecule has 1 aromatic heterocycles. The Bertz CT molecular complexity index is 480. The molecule has 0 saturated heterocycles. The molecule has 0 aliphatic rings. The van der Waals surface area contributed by atoms with Gasteiger partial charge >= 0.3 is 6.01 Å². The number of rotatable bonds is 3. The summed E-state index contributed by atoms with van der Waals surface area (Å²) in [5, 5.41) is 0. The van der Waals surface area contributed by atoms with E-state index in [2.05, 4.69) is 9.97 Å². The summed E-state index contributed by atoms with van der Waals surface area (Å²) in [6, 6.07) is 12.3. The van der Waals surface area contributed by atoms with Crippen molar-refractivity contribution in [2.45, 2.75) is 0 Å². The van der Waals surface area contributed by atoms with Crippen molar-refractivity contribution in [1.82, 2.24) is 9.97 Å². The zero-order valence-corrected chi connectivity index (χ0v) is 9.00. The smallest absolute Gasteiger partial charge is 0.316 e. The highest BCUT2D eigenvalue weighted by molar-refractivity contribution is 5.67. The zero-order chi connectivity index (χ0) is 11.2. The topological polar surface area (TPSA) is 35.0 Å². The summed E-state index contributed by atoms with van der Waals surface area (Å²) < 4.78 is 4.95. The molecule has 1 aromatic carbocycles. The summed E-state index contributed by atoms with van der Waals surface area (Å²) in [6.07, 6.45) is 5.61. The molecule has 0 amide bonds. The Morgan fingerprint density at radius 1 is 1.06 bits per heavy atom. The van der Waals surface area contributed by atoms with Crippen LogP contribution in [0.25, 0.3) is 12.2 Å². The molecular weight excluding hydrogens is 200 g/mol. The molecule has 0 unspecified atom stereocenters. The van der Waals surface area contributed by atoms with Crippen LogP contribution in [0.3, 0.4) is 0 Å². The normalized spacial score (nSPS) is 10.6. The van der Waals surface area contributed by atoms with Gasteiger partial charge in [-0.1, -0.05) is 36.4 Å². The first-order valence-electron chi connectivity index (χ1n) is 4.98. The highest BCUT2D eigenvalue weighted by Gasteiger charge is 1.94. The lowest BCUT2D eigenvalue weighted by Crippen LogP contribution is -1.91. The quantitative estimate of drug-likeness (QED) is 0.784. The van der Waals surface area contributed by atoms with Crippen LogP contribution in [0.5, 0.6) is 6.01 Å². The minimum absolute atomic E-state index is 0.384. The zero-order valence-electron chi connectivity index (χ0n) is 9.00. The van der Waals surface area contributed by atoms with E-state index in [-0.39, 0.29) is 0 Å². The molecule has 0 saturated carbocycles. The number of hydrogen-bond donors (Lipinski definition) is 0. The minimum atomic E-state index is 0.384. The Kier molecular flexibility index (Phi) is 3.28. The predicted molar refractivity (Wildman–Crippen MR) is 64.0 cm³/mol. The summed E-state index contributed by atoms with van der Waals surface area (Å²) in [5.41, 5.74) is 1.97. The molecular formula is C13H12N2O. The number of aromatic nitrogens is 2. The molecule has 0 aliphatic carbocycles. The summed E-state index contributed by atoms with van der Waals surface area (Å²) >= 11 is 0. The average molecular weight is 212 g/mol. The van der Waals surface area contributed by atoms with E-state index < -0.39 is 0 Å². The summed E-state index contributed by atoms with van der Waals surface area (Å²) in [5.74, 6) is 0. The van der Waals surface area contributed by atoms with Gasteiger partial charge in [0.1, 0.15) is 0 Å². The molecule has 0 radical (unpaired) electrons. The molecule has 0 N–H and O–H groups in total. The third-order valence-corrected chi connectivity index (χ3v) is 2.08. The largest absolute Gasteiger partial charge is 0.467 e. The third kappa shape index (κ3) is 2.67. The van der Waals surface area contributed by atoms with Gasteiger partial charge in [0.2, 0.25) is 0 Å². The molecule has 16 heavy (non-hydrogen) atoms. The standard InChI is InChI=1S/C13H12N2O/c1-16-13-14-10-9-12(15-13)8-7-11-5-3-2-4-6-11/h2-10H,1H3. The van der Waals surface area contributed by atoms with Gasteiger partial charge in [-0.3, -0.25) is 0 Å². The van der Waals surface area contributed by atoms with Crippen molar-refractivity contribution in [2.75, 3.05) is 7.11 Å². The molecule has 0 atom stereocenters. The van der Waals surface area contributed by atoms with Crippen LogP contribution in [-0.2, 0) is 0 Å². The minimum Gasteiger partial charge on any atom is -0.467 e. The van der Waals surface area contributed by atoms with Gasteiger partial charge < -0.3 is 4.74 Å². The van der Waals surface area contributed by atoms with Gasteiger partial charge in [-0.2, -0.15) is 4.98 Å². The molecule has 2 rings (SSSR count). The van der Waals surface area contributed by atoms with Gasteiger partial charge in [-0.25, -0.2) is 4.98 Å². The number of hydrogen-bond acceptors (Lipinski definition) is 3. The van der Waals surface area contributed by atoms with E-state index in [0.717, 1.165) is 11.3 Å². The Morgan fingerprint density at radius 2 is 1.88 bits per heavy atom. The van der Waals surface area contributed by atoms with Crippen LogP contribution in [0.2, 0.25) is 0 Å². The second-order valence-electron chi connectivity index (χ2n) is 3.21. The van der Waals surface area contributed by atoms with Crippen LogP contribution >= 0.6 is 0 Å². The first-order chi connectivity index (χ1) is 7.88. The summed E-state index contributed by atoms with van der Waals surface area (Å²) in [7, 11) is 1.56. The Labute approximate surface area is 94.4 Å². The van der Waals surface area contributed by atoms with Crippen molar-refractivity contribution in [1.29, 1.82) is 0 Å². The molecule has 0 fully saturated rings. The van der Waals surface area contributed by atoms with Gasteiger partial charge in [0, 0.05) is 6.20 Å². The van der Waals surface area contributed by atoms with E-state index in [4.69, 9.17) is 4.74 Å². The molecule has 0 bridgehead atoms. The van der Waals surface area contributed by atoms with Crippen LogP contribution in [0.4, 0.5) is 0 Å². The van der Waals surface area contributed by atoms with Crippen molar-refractivity contribution in [3.05, 3.63) is 53.9 Å². The molecule has 0 aliphatic heterocycles. The molecule has 0 spiro atoms. The maximum absolute atomic E-state index is 4.95. The number of benzene rings is 1. The fraction of sp³-hybridized carbons (Fsp3) is 0.0769. The highest BCUT2D eigenvalue weighted by atomic mass is 16.5. The van der Waals surface area contributed by atoms with E-state index >= 15 is 0 Å². The second-order valence-corrected chi connectivity index (χ2v) is 3.21. The lowest BCUT2D eigenvalue weighted by atomic mass is 10.2. The van der Waals surface area contributed by atoms with Crippen molar-refractivity contribution < 1.29 is 4.74 Å². The fourth-order valence-electron chi connectivity index (χ4n) is 1.29. The van der Waals surface area contributed by atoms with E-state index in [0.29, 0.717) is 6.01 Å². The van der Waals surface area contributed by atoms with E-state index in [1.807, 2.05) is 48.6 Å². The molecule has 1 heterocycles. The lowest BCUT2D eigenvalue weighted by molar-refractivity contribution is 0.379. The van der Waals surface area contributed by atoms with Gasteiger partial charge in [0.25, 0.3) is 0 Å². The van der Waals surface area contributed by atoms with Crippen molar-refractivity contribution >= 4 is 12.2 Å². The van der Waals surface area contributed by atoms with Crippen LogP contribution in [-0.4, -0.2) is 17.1 Å². The fourth-order valence-corrected chi connectivity index (χ4v) is 1.29. The molecule has 3 nitrogen and oxygen atoms in total.